The Morgan fingerprint density at radius 1 is 1.06 bits per heavy atom. The van der Waals surface area contributed by atoms with E-state index >= 15 is 0 Å². The predicted molar refractivity (Wildman–Crippen MR) is 138 cm³/mol. The number of hydrogen-bond acceptors (Lipinski definition) is 7. The summed E-state index contributed by atoms with van der Waals surface area (Å²) in [4.78, 5) is 23.7. The Labute approximate surface area is 202 Å². The number of esters is 1. The highest BCUT2D eigenvalue weighted by molar-refractivity contribution is 6.74. The maximum absolute atomic E-state index is 13.8. The van der Waals surface area contributed by atoms with Gasteiger partial charge in [0.05, 0.1) is 25.9 Å². The highest BCUT2D eigenvalue weighted by Crippen LogP contribution is 2.42. The van der Waals surface area contributed by atoms with Crippen molar-refractivity contribution in [2.75, 3.05) is 19.8 Å². The highest BCUT2D eigenvalue weighted by atomic mass is 28.4. The number of unbranched alkanes of at least 4 members (excludes halogenated alkanes) is 1. The second kappa shape index (κ2) is 12.3. The maximum atomic E-state index is 13.8. The fourth-order valence-electron chi connectivity index (χ4n) is 3.54. The second-order valence-electron chi connectivity index (χ2n) is 10.4. The van der Waals surface area contributed by atoms with Crippen LogP contribution in [0.3, 0.4) is 0 Å². The van der Waals surface area contributed by atoms with E-state index in [0.29, 0.717) is 25.5 Å². The molecule has 8 heteroatoms. The quantitative estimate of drug-likeness (QED) is 0.274. The summed E-state index contributed by atoms with van der Waals surface area (Å²) in [7, 11) is -2.28. The molecule has 0 aliphatic carbocycles. The lowest BCUT2D eigenvalue weighted by Gasteiger charge is -2.45. The first-order chi connectivity index (χ1) is 15.3. The van der Waals surface area contributed by atoms with Gasteiger partial charge in [0.25, 0.3) is 5.54 Å². The average Bonchev–Trinajstić information content (AvgIpc) is 2.71. The number of hydrogen-bond donors (Lipinski definition) is 0. The summed E-state index contributed by atoms with van der Waals surface area (Å²) in [5.41, 5.74) is -1.52. The molecule has 0 aromatic carbocycles. The fraction of sp³-hybridized carbons (Fsp3) is 0.880. The Morgan fingerprint density at radius 3 is 2.12 bits per heavy atom. The van der Waals surface area contributed by atoms with Crippen LogP contribution in [0.1, 0.15) is 81.6 Å². The third kappa shape index (κ3) is 6.81. The molecule has 0 spiro atoms. The molecule has 33 heavy (non-hydrogen) atoms. The smallest absolute Gasteiger partial charge is 0.346 e. The van der Waals surface area contributed by atoms with E-state index in [1.807, 2.05) is 13.8 Å². The van der Waals surface area contributed by atoms with E-state index in [1.165, 1.54) is 0 Å². The topological polar surface area (TPSA) is 78.7 Å². The molecule has 3 atom stereocenters. The second-order valence-corrected chi connectivity index (χ2v) is 15.2. The van der Waals surface area contributed by atoms with Gasteiger partial charge < -0.3 is 18.6 Å². The van der Waals surface area contributed by atoms with Crippen LogP contribution in [0.2, 0.25) is 18.1 Å². The molecule has 0 saturated carbocycles. The molecular weight excluding hydrogens is 436 g/mol. The van der Waals surface area contributed by atoms with E-state index in [2.05, 4.69) is 54.6 Å². The van der Waals surface area contributed by atoms with Crippen LogP contribution in [0.25, 0.3) is 0 Å². The molecule has 0 aromatic heterocycles. The lowest BCUT2D eigenvalue weighted by atomic mass is 9.86. The number of carbonyl (C=O) groups excluding carboxylic acids is 1. The Hall–Kier alpha value is -1.41. The zero-order valence-electron chi connectivity index (χ0n) is 22.9. The van der Waals surface area contributed by atoms with Crippen molar-refractivity contribution < 1.29 is 23.4 Å². The molecule has 0 fully saturated rings. The maximum Gasteiger partial charge on any atom is 0.346 e. The first-order valence-electron chi connectivity index (χ1n) is 12.6. The third-order valence-corrected chi connectivity index (χ3v) is 10.9. The van der Waals surface area contributed by atoms with Crippen molar-refractivity contribution in [3.8, 4) is 0 Å². The molecule has 1 aliphatic rings. The van der Waals surface area contributed by atoms with Gasteiger partial charge in [0.2, 0.25) is 11.8 Å². The van der Waals surface area contributed by atoms with Crippen LogP contribution in [-0.2, 0) is 23.4 Å². The van der Waals surface area contributed by atoms with E-state index in [-0.39, 0.29) is 29.5 Å². The van der Waals surface area contributed by atoms with Crippen LogP contribution < -0.4 is 0 Å². The monoisotopic (exact) mass is 484 g/mol. The van der Waals surface area contributed by atoms with Crippen LogP contribution in [0.15, 0.2) is 9.98 Å². The first-order valence-corrected chi connectivity index (χ1v) is 15.5. The van der Waals surface area contributed by atoms with Crippen LogP contribution in [0.5, 0.6) is 0 Å². The molecule has 1 rings (SSSR count). The SMILES string of the molecule is CCCC[C@@H](O[Si](C)(C)C(C)(C)C)[C@@]1(C(=O)OCC)N=C(OCC)[C@H](C(C)C)N=C1OCC. The van der Waals surface area contributed by atoms with Crippen molar-refractivity contribution in [3.63, 3.8) is 0 Å². The van der Waals surface area contributed by atoms with E-state index < -0.39 is 25.9 Å². The molecular formula is C25H48N2O5Si. The van der Waals surface area contributed by atoms with E-state index in [9.17, 15) is 4.79 Å². The lowest BCUT2D eigenvalue weighted by molar-refractivity contribution is -0.151. The van der Waals surface area contributed by atoms with Gasteiger partial charge in [0, 0.05) is 0 Å². The van der Waals surface area contributed by atoms with Crippen LogP contribution >= 0.6 is 0 Å². The van der Waals surface area contributed by atoms with Gasteiger partial charge in [0.15, 0.2) is 8.32 Å². The van der Waals surface area contributed by atoms with Gasteiger partial charge in [-0.1, -0.05) is 54.4 Å². The Morgan fingerprint density at radius 2 is 1.67 bits per heavy atom. The number of ether oxygens (including phenoxy) is 3. The summed E-state index contributed by atoms with van der Waals surface area (Å²) < 4.78 is 24.6. The minimum Gasteiger partial charge on any atom is -0.480 e. The van der Waals surface area contributed by atoms with Crippen molar-refractivity contribution in [3.05, 3.63) is 0 Å². The largest absolute Gasteiger partial charge is 0.480 e. The molecule has 0 aromatic rings. The van der Waals surface area contributed by atoms with Gasteiger partial charge in [-0.2, -0.15) is 0 Å². The lowest BCUT2D eigenvalue weighted by Crippen LogP contribution is -2.63. The molecule has 7 nitrogen and oxygen atoms in total. The third-order valence-electron chi connectivity index (χ3n) is 6.44. The Balaban J connectivity index is 3.85. The molecule has 0 N–H and O–H groups in total. The summed E-state index contributed by atoms with van der Waals surface area (Å²) >= 11 is 0. The number of rotatable bonds is 11. The van der Waals surface area contributed by atoms with Gasteiger partial charge >= 0.3 is 5.97 Å². The van der Waals surface area contributed by atoms with Gasteiger partial charge in [-0.15, -0.1) is 0 Å². The predicted octanol–water partition coefficient (Wildman–Crippen LogP) is 5.78. The Bertz CT molecular complexity index is 699. The van der Waals surface area contributed by atoms with Gasteiger partial charge in [-0.05, 0) is 51.2 Å². The van der Waals surface area contributed by atoms with Crippen molar-refractivity contribution >= 4 is 26.1 Å². The van der Waals surface area contributed by atoms with Gasteiger partial charge in [-0.25, -0.2) is 14.8 Å². The van der Waals surface area contributed by atoms with Gasteiger partial charge in [0.1, 0.15) is 6.04 Å². The van der Waals surface area contributed by atoms with Crippen molar-refractivity contribution in [2.45, 2.75) is 117 Å². The summed E-state index contributed by atoms with van der Waals surface area (Å²) in [5, 5.41) is -0.0438. The molecule has 0 bridgehead atoms. The van der Waals surface area contributed by atoms with Gasteiger partial charge in [-0.3, -0.25) is 0 Å². The molecule has 0 saturated heterocycles. The summed E-state index contributed by atoms with van der Waals surface area (Å²) in [6.07, 6.45) is 1.93. The standard InChI is InChI=1S/C25H48N2O5Si/c1-12-16-17-19(32-33(10,11)24(7,8)9)25(23(28)31-15-4)22(30-14-3)26-20(18(5)6)21(27-25)29-13-2/h18-20H,12-17H2,1-11H3/t19-,20+,25-/m1/s1. The minimum absolute atomic E-state index is 0.0438. The summed E-state index contributed by atoms with van der Waals surface area (Å²) in [6, 6.07) is -0.325. The number of carbonyl (C=O) groups is 1. The molecule has 0 radical (unpaired) electrons. The average molecular weight is 485 g/mol. The number of aliphatic imine (C=N–C) groups is 2. The zero-order valence-corrected chi connectivity index (χ0v) is 23.9. The van der Waals surface area contributed by atoms with Crippen molar-refractivity contribution in [2.24, 2.45) is 15.9 Å². The van der Waals surface area contributed by atoms with E-state index in [0.717, 1.165) is 12.8 Å². The zero-order chi connectivity index (χ0) is 25.4. The summed E-state index contributed by atoms with van der Waals surface area (Å²) in [5.74, 6) is 0.368. The molecule has 0 unspecified atom stereocenters. The first kappa shape index (κ1) is 29.6. The van der Waals surface area contributed by atoms with Crippen molar-refractivity contribution in [1.82, 2.24) is 0 Å². The van der Waals surface area contributed by atoms with Crippen LogP contribution in [0.4, 0.5) is 0 Å². The molecule has 1 aliphatic heterocycles. The Kier molecular flexibility index (Phi) is 11.1. The van der Waals surface area contributed by atoms with E-state index in [4.69, 9.17) is 28.6 Å². The molecule has 192 valence electrons. The number of nitrogens with zero attached hydrogens (tertiary/aromatic N) is 2. The molecule has 1 heterocycles. The normalized spacial score (nSPS) is 22.5. The molecule has 0 amide bonds. The summed E-state index contributed by atoms with van der Waals surface area (Å²) in [6.45, 7) is 23.8. The van der Waals surface area contributed by atoms with Crippen LogP contribution in [0, 0.1) is 5.92 Å². The van der Waals surface area contributed by atoms with E-state index in [1.54, 1.807) is 6.92 Å². The highest BCUT2D eigenvalue weighted by Gasteiger charge is 2.59. The van der Waals surface area contributed by atoms with Crippen LogP contribution in [-0.4, -0.2) is 63.6 Å². The fourth-order valence-corrected chi connectivity index (χ4v) is 4.90. The van der Waals surface area contributed by atoms with Crippen molar-refractivity contribution in [1.29, 1.82) is 0 Å². The minimum atomic E-state index is -2.28.